The van der Waals surface area contributed by atoms with Crippen LogP contribution in [0.4, 0.5) is 0 Å². The molecule has 61 heavy (non-hydrogen) atoms. The first kappa shape index (κ1) is 44.2. The molecule has 6 aromatic rings. The molecule has 10 heteroatoms. The van der Waals surface area contributed by atoms with E-state index in [1.165, 1.54) is 0 Å². The van der Waals surface area contributed by atoms with Crippen LogP contribution >= 0.6 is 0 Å². The van der Waals surface area contributed by atoms with Crippen LogP contribution < -0.4 is 29.5 Å². The summed E-state index contributed by atoms with van der Waals surface area (Å²) in [6.45, 7) is 11.9. The second-order valence-corrected chi connectivity index (χ2v) is 16.0. The molecular weight excluding hydrogens is 812 g/mol. The van der Waals surface area contributed by atoms with Gasteiger partial charge in [-0.25, -0.2) is 0 Å². The summed E-state index contributed by atoms with van der Waals surface area (Å²) in [6.07, 6.45) is 1.69. The molecule has 0 aliphatic carbocycles. The first-order valence-corrected chi connectivity index (χ1v) is 20.1. The molecule has 0 N–H and O–H groups in total. The molecule has 0 fully saturated rings. The minimum Gasteiger partial charge on any atom is -0.545 e. The van der Waals surface area contributed by atoms with Crippen molar-refractivity contribution in [3.8, 4) is 34.5 Å². The first-order chi connectivity index (χ1) is 28.7. The van der Waals surface area contributed by atoms with Gasteiger partial charge in [0.05, 0.1) is 17.9 Å². The van der Waals surface area contributed by atoms with Crippen molar-refractivity contribution in [1.29, 1.82) is 0 Å². The number of aromatic carboxylic acids is 3. The van der Waals surface area contributed by atoms with Crippen LogP contribution in [0.2, 0.25) is 0 Å². The SMILES string of the molecule is CC(C)c1ccc2c(c1C(=O)[O-])Cc1ccccc1O2.CC(C)c1ccc2c(c1C(=O)[O-])Cc1ccccc1O2.CC(C)c1ccc2c(c1C(=O)[O-])Cc1ccccc1O2.[Fe+3]. The third-order valence-corrected chi connectivity index (χ3v) is 11.1. The summed E-state index contributed by atoms with van der Waals surface area (Å²) in [6, 6.07) is 34.1. The molecule has 0 amide bonds. The van der Waals surface area contributed by atoms with Gasteiger partial charge >= 0.3 is 17.1 Å². The molecule has 6 aromatic carbocycles. The van der Waals surface area contributed by atoms with Crippen molar-refractivity contribution in [3.63, 3.8) is 0 Å². The van der Waals surface area contributed by atoms with Gasteiger partial charge in [-0.2, -0.15) is 0 Å². The summed E-state index contributed by atoms with van der Waals surface area (Å²) in [4.78, 5) is 34.6. The molecule has 3 aliphatic rings. The van der Waals surface area contributed by atoms with Crippen LogP contribution in [0.3, 0.4) is 0 Å². The molecule has 0 bridgehead atoms. The third-order valence-electron chi connectivity index (χ3n) is 11.1. The number of carboxylic acid groups (broad SMARTS) is 3. The molecular formula is C51H45FeO9. The Morgan fingerprint density at radius 3 is 0.869 bits per heavy atom. The Kier molecular flexibility index (Phi) is 13.4. The van der Waals surface area contributed by atoms with E-state index in [9.17, 15) is 29.7 Å². The second-order valence-electron chi connectivity index (χ2n) is 16.0. The molecule has 3 aliphatic heterocycles. The van der Waals surface area contributed by atoms with E-state index in [1.54, 1.807) is 0 Å². The normalized spacial score (nSPS) is 12.3. The molecule has 0 atom stereocenters. The molecule has 3 heterocycles. The van der Waals surface area contributed by atoms with Gasteiger partial charge in [0.15, 0.2) is 0 Å². The first-order valence-electron chi connectivity index (χ1n) is 20.1. The number of para-hydroxylation sites is 3. The number of carbonyl (C=O) groups is 3. The zero-order chi connectivity index (χ0) is 42.8. The number of hydrogen-bond acceptors (Lipinski definition) is 9. The summed E-state index contributed by atoms with van der Waals surface area (Å²) in [5.41, 5.74) is 8.41. The van der Waals surface area contributed by atoms with Gasteiger partial charge < -0.3 is 43.9 Å². The summed E-state index contributed by atoms with van der Waals surface area (Å²) >= 11 is 0. The van der Waals surface area contributed by atoms with Crippen LogP contribution in [0.1, 0.15) is 140 Å². The molecule has 9 rings (SSSR count). The fraction of sp³-hybridized carbons (Fsp3) is 0.235. The van der Waals surface area contributed by atoms with Crippen molar-refractivity contribution in [2.45, 2.75) is 78.6 Å². The average Bonchev–Trinajstić information content (AvgIpc) is 3.22. The van der Waals surface area contributed by atoms with Gasteiger partial charge in [-0.05, 0) is 87.5 Å². The van der Waals surface area contributed by atoms with E-state index < -0.39 is 17.9 Å². The van der Waals surface area contributed by atoms with E-state index in [1.807, 2.05) is 151 Å². The molecule has 1 radical (unpaired) electrons. The van der Waals surface area contributed by atoms with Crippen LogP contribution in [0.25, 0.3) is 0 Å². The number of fused-ring (bicyclic) bond motifs is 6. The van der Waals surface area contributed by atoms with Crippen LogP contribution in [-0.4, -0.2) is 17.9 Å². The Balaban J connectivity index is 0.000000152. The number of ether oxygens (including phenoxy) is 3. The van der Waals surface area contributed by atoms with Gasteiger partial charge in [-0.15, -0.1) is 0 Å². The molecule has 0 saturated heterocycles. The van der Waals surface area contributed by atoms with Gasteiger partial charge in [-0.1, -0.05) is 114 Å². The number of benzene rings is 6. The van der Waals surface area contributed by atoms with Gasteiger partial charge in [0, 0.05) is 52.6 Å². The van der Waals surface area contributed by atoms with E-state index in [0.717, 1.165) is 67.3 Å². The zero-order valence-corrected chi connectivity index (χ0v) is 35.9. The Morgan fingerprint density at radius 1 is 0.393 bits per heavy atom. The number of rotatable bonds is 6. The number of hydrogen-bond donors (Lipinski definition) is 0. The van der Waals surface area contributed by atoms with Crippen molar-refractivity contribution >= 4 is 17.9 Å². The molecule has 0 aromatic heterocycles. The van der Waals surface area contributed by atoms with Gasteiger partial charge in [0.1, 0.15) is 34.5 Å². The smallest absolute Gasteiger partial charge is 0.545 e. The predicted octanol–water partition coefficient (Wildman–Crippen LogP) is 8.61. The molecule has 0 saturated carbocycles. The topological polar surface area (TPSA) is 148 Å². The van der Waals surface area contributed by atoms with Crippen molar-refractivity contribution in [2.24, 2.45) is 0 Å². The largest absolute Gasteiger partial charge is 3.00 e. The maximum atomic E-state index is 11.5. The number of carboxylic acids is 3. The Morgan fingerprint density at radius 2 is 0.639 bits per heavy atom. The predicted molar refractivity (Wildman–Crippen MR) is 223 cm³/mol. The van der Waals surface area contributed by atoms with E-state index in [0.29, 0.717) is 36.5 Å². The minimum absolute atomic E-state index is 0. The van der Waals surface area contributed by atoms with E-state index in [-0.39, 0.29) is 51.5 Å². The maximum absolute atomic E-state index is 11.5. The fourth-order valence-electron chi connectivity index (χ4n) is 8.10. The zero-order valence-electron chi connectivity index (χ0n) is 34.8. The van der Waals surface area contributed by atoms with Crippen molar-refractivity contribution < 1.29 is 61.0 Å². The molecule has 311 valence electrons. The molecule has 0 unspecified atom stereocenters. The van der Waals surface area contributed by atoms with E-state index in [2.05, 4.69) is 0 Å². The maximum Gasteiger partial charge on any atom is 3.00 e. The van der Waals surface area contributed by atoms with Crippen LogP contribution in [0.15, 0.2) is 109 Å². The van der Waals surface area contributed by atoms with Gasteiger partial charge in [0.2, 0.25) is 0 Å². The Labute approximate surface area is 366 Å². The number of carbonyl (C=O) groups excluding carboxylic acids is 3. The molecule has 0 spiro atoms. The second kappa shape index (κ2) is 18.5. The van der Waals surface area contributed by atoms with Crippen molar-refractivity contribution in [3.05, 3.63) is 176 Å². The van der Waals surface area contributed by atoms with Gasteiger partial charge in [-0.3, -0.25) is 0 Å². The molecule has 9 nitrogen and oxygen atoms in total. The average molecular weight is 858 g/mol. The van der Waals surface area contributed by atoms with Crippen LogP contribution in [-0.2, 0) is 36.3 Å². The fourth-order valence-corrected chi connectivity index (χ4v) is 8.10. The summed E-state index contributed by atoms with van der Waals surface area (Å²) in [7, 11) is 0. The monoisotopic (exact) mass is 857 g/mol. The van der Waals surface area contributed by atoms with Crippen molar-refractivity contribution in [1.82, 2.24) is 0 Å². The standard InChI is InChI=1S/3C17H16O3.Fe/c3*1-10(2)12-7-8-15-13(16(12)17(18)19)9-11-5-3-4-6-14(11)20-15;/h3*3-8,10H,9H2,1-2H3,(H,18,19);/q;;;+3/p-3. The van der Waals surface area contributed by atoms with Gasteiger partial charge in [0.25, 0.3) is 0 Å². The van der Waals surface area contributed by atoms with E-state index >= 15 is 0 Å². The van der Waals surface area contributed by atoms with Crippen molar-refractivity contribution in [2.75, 3.05) is 0 Å². The quantitative estimate of drug-likeness (QED) is 0.150. The third kappa shape index (κ3) is 9.07. The Hall–Kier alpha value is -6.35. The summed E-state index contributed by atoms with van der Waals surface area (Å²) in [5.74, 6) is 1.23. The minimum atomic E-state index is -1.13. The van der Waals surface area contributed by atoms with Crippen LogP contribution in [0, 0.1) is 0 Å². The van der Waals surface area contributed by atoms with Crippen LogP contribution in [0.5, 0.6) is 34.5 Å². The Bertz CT molecular complexity index is 2350. The summed E-state index contributed by atoms with van der Waals surface area (Å²) in [5, 5.41) is 34.6. The summed E-state index contributed by atoms with van der Waals surface area (Å²) < 4.78 is 17.4. The van der Waals surface area contributed by atoms with E-state index in [4.69, 9.17) is 14.2 Å².